The smallest absolute Gasteiger partial charge is 0.407 e. The van der Waals surface area contributed by atoms with Crippen molar-refractivity contribution in [1.29, 1.82) is 0 Å². The number of carbonyl (C=O) groups excluding carboxylic acids is 1. The Kier molecular flexibility index (Phi) is 2.70. The minimum absolute atomic E-state index is 0.245. The lowest BCUT2D eigenvalue weighted by molar-refractivity contribution is -0.840. The van der Waals surface area contributed by atoms with Crippen LogP contribution < -0.4 is 10.2 Å². The summed E-state index contributed by atoms with van der Waals surface area (Å²) < 4.78 is 4.47. The van der Waals surface area contributed by atoms with Crippen LogP contribution in [0.25, 0.3) is 0 Å². The Morgan fingerprint density at radius 1 is 1.82 bits per heavy atom. The topological polar surface area (TPSA) is 42.8 Å². The molecular formula is C7H14N2O2. The second-order valence-corrected chi connectivity index (χ2v) is 2.83. The molecule has 0 aromatic heterocycles. The molecule has 1 rings (SSSR count). The summed E-state index contributed by atoms with van der Waals surface area (Å²) in [5.74, 6) is 0. The van der Waals surface area contributed by atoms with Gasteiger partial charge in [0.25, 0.3) is 0 Å². The molecule has 1 unspecified atom stereocenters. The van der Waals surface area contributed by atoms with E-state index in [1.807, 2.05) is 0 Å². The number of likely N-dealkylation sites (tertiary alicyclic amines) is 1. The minimum atomic E-state index is -0.343. The van der Waals surface area contributed by atoms with E-state index < -0.39 is 0 Å². The molecule has 1 heterocycles. The summed E-state index contributed by atoms with van der Waals surface area (Å²) in [4.78, 5) is 11.9. The van der Waals surface area contributed by atoms with E-state index in [2.05, 4.69) is 17.1 Å². The highest BCUT2D eigenvalue weighted by atomic mass is 16.5. The maximum Gasteiger partial charge on any atom is 0.407 e. The van der Waals surface area contributed by atoms with Crippen LogP contribution in [-0.4, -0.2) is 32.3 Å². The summed E-state index contributed by atoms with van der Waals surface area (Å²) in [6, 6.07) is 0.245. The quantitative estimate of drug-likeness (QED) is 0.470. The third-order valence-electron chi connectivity index (χ3n) is 1.89. The molecule has 1 saturated heterocycles. The van der Waals surface area contributed by atoms with Gasteiger partial charge in [0.05, 0.1) is 26.2 Å². The Hall–Kier alpha value is -0.770. The number of quaternary nitrogens is 1. The molecule has 2 N–H and O–H groups in total. The molecule has 4 heteroatoms. The summed E-state index contributed by atoms with van der Waals surface area (Å²) >= 11 is 0. The predicted octanol–water partition coefficient (Wildman–Crippen LogP) is -1.21. The minimum Gasteiger partial charge on any atom is -0.466 e. The zero-order chi connectivity index (χ0) is 8.27. The molecule has 64 valence electrons. The molecule has 1 aliphatic rings. The molecular weight excluding hydrogens is 144 g/mol. The second kappa shape index (κ2) is 3.57. The van der Waals surface area contributed by atoms with Crippen molar-refractivity contribution in [3.8, 4) is 0 Å². The van der Waals surface area contributed by atoms with Crippen LogP contribution in [-0.2, 0) is 4.74 Å². The van der Waals surface area contributed by atoms with Gasteiger partial charge in [0.2, 0.25) is 0 Å². The lowest BCUT2D eigenvalue weighted by atomic mass is 10.3. The Morgan fingerprint density at radius 3 is 3.00 bits per heavy atom. The summed E-state index contributed by atoms with van der Waals surface area (Å²) in [6.45, 7) is 1.92. The van der Waals surface area contributed by atoms with Crippen molar-refractivity contribution in [3.63, 3.8) is 0 Å². The first-order chi connectivity index (χ1) is 5.22. The van der Waals surface area contributed by atoms with Crippen LogP contribution in [0.4, 0.5) is 4.79 Å². The van der Waals surface area contributed by atoms with Gasteiger partial charge in [-0.1, -0.05) is 0 Å². The molecule has 0 radical (unpaired) electrons. The first-order valence-electron chi connectivity index (χ1n) is 3.73. The Labute approximate surface area is 66.5 Å². The van der Waals surface area contributed by atoms with Gasteiger partial charge >= 0.3 is 6.09 Å². The molecule has 0 bridgehead atoms. The van der Waals surface area contributed by atoms with Crippen LogP contribution in [0, 0.1) is 7.05 Å². The third-order valence-corrected chi connectivity index (χ3v) is 1.89. The molecule has 1 amide bonds. The first kappa shape index (κ1) is 8.33. The SMILES string of the molecule is [CH2-][NH+]1CC[C@@H](NC(=O)OC)C1. The van der Waals surface area contributed by atoms with E-state index in [1.54, 1.807) is 0 Å². The van der Waals surface area contributed by atoms with E-state index >= 15 is 0 Å². The van der Waals surface area contributed by atoms with Crippen molar-refractivity contribution < 1.29 is 14.4 Å². The highest BCUT2D eigenvalue weighted by Gasteiger charge is 2.21. The fourth-order valence-electron chi connectivity index (χ4n) is 1.28. The Bertz CT molecular complexity index is 149. The number of alkyl carbamates (subject to hydrolysis) is 1. The molecule has 0 aliphatic carbocycles. The first-order valence-corrected chi connectivity index (χ1v) is 3.73. The fourth-order valence-corrected chi connectivity index (χ4v) is 1.28. The van der Waals surface area contributed by atoms with Gasteiger partial charge in [0, 0.05) is 6.42 Å². The van der Waals surface area contributed by atoms with E-state index in [0.29, 0.717) is 0 Å². The zero-order valence-corrected chi connectivity index (χ0v) is 6.72. The maximum absolute atomic E-state index is 10.7. The molecule has 0 aromatic carbocycles. The highest BCUT2D eigenvalue weighted by Crippen LogP contribution is 1.92. The normalized spacial score (nSPS) is 30.0. The molecule has 2 atom stereocenters. The van der Waals surface area contributed by atoms with Gasteiger partial charge < -0.3 is 15.0 Å². The number of ether oxygens (including phenoxy) is 1. The van der Waals surface area contributed by atoms with Crippen LogP contribution in [0.5, 0.6) is 0 Å². The number of nitrogens with one attached hydrogen (secondary N) is 2. The average molecular weight is 158 g/mol. The van der Waals surface area contributed by atoms with Gasteiger partial charge in [-0.25, -0.2) is 4.79 Å². The second-order valence-electron chi connectivity index (χ2n) is 2.83. The number of carbonyl (C=O) groups is 1. The maximum atomic E-state index is 10.7. The third kappa shape index (κ3) is 2.38. The molecule has 1 aliphatic heterocycles. The van der Waals surface area contributed by atoms with Crippen molar-refractivity contribution >= 4 is 6.09 Å². The molecule has 4 nitrogen and oxygen atoms in total. The largest absolute Gasteiger partial charge is 0.466 e. The fraction of sp³-hybridized carbons (Fsp3) is 0.714. The Morgan fingerprint density at radius 2 is 2.55 bits per heavy atom. The van der Waals surface area contributed by atoms with Crippen LogP contribution in [0.15, 0.2) is 0 Å². The average Bonchev–Trinajstić information content (AvgIpc) is 2.35. The van der Waals surface area contributed by atoms with Crippen LogP contribution in [0.3, 0.4) is 0 Å². The number of hydrogen-bond acceptors (Lipinski definition) is 2. The van der Waals surface area contributed by atoms with E-state index in [-0.39, 0.29) is 12.1 Å². The van der Waals surface area contributed by atoms with Crippen molar-refractivity contribution in [2.45, 2.75) is 12.5 Å². The van der Waals surface area contributed by atoms with Crippen molar-refractivity contribution in [2.75, 3.05) is 20.2 Å². The summed E-state index contributed by atoms with van der Waals surface area (Å²) in [5, 5.41) is 2.74. The highest BCUT2D eigenvalue weighted by molar-refractivity contribution is 5.67. The van der Waals surface area contributed by atoms with E-state index in [0.717, 1.165) is 19.5 Å². The van der Waals surface area contributed by atoms with Crippen molar-refractivity contribution in [2.24, 2.45) is 0 Å². The number of amides is 1. The van der Waals surface area contributed by atoms with Gasteiger partial charge in [-0.05, 0) is 0 Å². The number of hydrogen-bond donors (Lipinski definition) is 2. The summed E-state index contributed by atoms with van der Waals surface area (Å²) in [5.41, 5.74) is 0. The number of methoxy groups -OCH3 is 1. The molecule has 0 aromatic rings. The van der Waals surface area contributed by atoms with E-state index in [1.165, 1.54) is 12.0 Å². The van der Waals surface area contributed by atoms with Crippen molar-refractivity contribution in [1.82, 2.24) is 5.32 Å². The standard InChI is InChI=1S/C7H14N2O2/c1-9-4-3-6(5-9)8-7(10)11-2/h6,9H,1,3-5H2,2H3,(H,8,10)/t6-/m1/s1. The van der Waals surface area contributed by atoms with Gasteiger partial charge in [-0.3, -0.25) is 0 Å². The predicted molar refractivity (Wildman–Crippen MR) is 40.0 cm³/mol. The van der Waals surface area contributed by atoms with Gasteiger partial charge in [0.1, 0.15) is 0 Å². The van der Waals surface area contributed by atoms with E-state index in [4.69, 9.17) is 0 Å². The monoisotopic (exact) mass is 158 g/mol. The van der Waals surface area contributed by atoms with E-state index in [9.17, 15) is 4.79 Å². The lowest BCUT2D eigenvalue weighted by Gasteiger charge is -2.13. The molecule has 11 heavy (non-hydrogen) atoms. The van der Waals surface area contributed by atoms with Gasteiger partial charge in [0.15, 0.2) is 0 Å². The summed E-state index contributed by atoms with van der Waals surface area (Å²) in [7, 11) is 5.22. The van der Waals surface area contributed by atoms with Crippen LogP contribution >= 0.6 is 0 Å². The van der Waals surface area contributed by atoms with Gasteiger partial charge in [-0.2, -0.15) is 7.05 Å². The molecule has 0 saturated carbocycles. The molecule has 1 fully saturated rings. The van der Waals surface area contributed by atoms with Crippen molar-refractivity contribution in [3.05, 3.63) is 7.05 Å². The van der Waals surface area contributed by atoms with Crippen LogP contribution in [0.2, 0.25) is 0 Å². The zero-order valence-electron chi connectivity index (χ0n) is 6.72. The lowest BCUT2D eigenvalue weighted by Crippen LogP contribution is -3.05. The Balaban J connectivity index is 2.23. The van der Waals surface area contributed by atoms with Crippen LogP contribution in [0.1, 0.15) is 6.42 Å². The van der Waals surface area contributed by atoms with Gasteiger partial charge in [-0.15, -0.1) is 0 Å². The molecule has 0 spiro atoms. The number of rotatable bonds is 1. The summed E-state index contributed by atoms with van der Waals surface area (Å²) in [6.07, 6.45) is 0.651.